The quantitative estimate of drug-likeness (QED) is 0.337. The number of carbonyl (C=O) groups is 4. The third-order valence-electron chi connectivity index (χ3n) is 4.38. The third kappa shape index (κ3) is 4.92. The van der Waals surface area contributed by atoms with Crippen molar-refractivity contribution in [2.24, 2.45) is 0 Å². The minimum absolute atomic E-state index is 0.0448. The van der Waals surface area contributed by atoms with Gasteiger partial charge < -0.3 is 9.47 Å². The number of benzene rings is 1. The van der Waals surface area contributed by atoms with Gasteiger partial charge in [0.1, 0.15) is 18.4 Å². The molecule has 2 aliphatic heterocycles. The molecule has 2 heterocycles. The molecule has 29 heavy (non-hydrogen) atoms. The standard InChI is InChI=1S/C17H17ClN2O8S/c18-29(25,26)8-7-27-5-6-28-10-1-2-11-12(9-10)17(24)20(16(11)23)13-3-4-14(21)19-15(13)22/h1-2,9,13H,3-8H2,(H,19,21,22). The normalized spacial score (nSPS) is 19.3. The van der Waals surface area contributed by atoms with Crippen molar-refractivity contribution in [3.8, 4) is 5.75 Å². The molecule has 0 aliphatic carbocycles. The second-order valence-electron chi connectivity index (χ2n) is 6.36. The lowest BCUT2D eigenvalue weighted by Gasteiger charge is -2.27. The van der Waals surface area contributed by atoms with Crippen LogP contribution in [0.25, 0.3) is 0 Å². The Morgan fingerprint density at radius 3 is 2.48 bits per heavy atom. The molecule has 1 N–H and O–H groups in total. The number of nitrogens with zero attached hydrogens (tertiary/aromatic N) is 1. The molecule has 12 heteroatoms. The molecule has 1 fully saturated rings. The van der Waals surface area contributed by atoms with Gasteiger partial charge in [0.05, 0.1) is 30.1 Å². The van der Waals surface area contributed by atoms with Gasteiger partial charge in [-0.2, -0.15) is 0 Å². The highest BCUT2D eigenvalue weighted by Gasteiger charge is 2.44. The van der Waals surface area contributed by atoms with Gasteiger partial charge >= 0.3 is 0 Å². The van der Waals surface area contributed by atoms with Crippen molar-refractivity contribution in [2.75, 3.05) is 25.6 Å². The van der Waals surface area contributed by atoms with E-state index >= 15 is 0 Å². The number of hydrogen-bond donors (Lipinski definition) is 1. The number of hydrogen-bond acceptors (Lipinski definition) is 8. The van der Waals surface area contributed by atoms with Gasteiger partial charge in [-0.25, -0.2) is 8.42 Å². The molecule has 1 aromatic carbocycles. The molecule has 156 valence electrons. The summed E-state index contributed by atoms with van der Waals surface area (Å²) >= 11 is 0. The van der Waals surface area contributed by atoms with Gasteiger partial charge in [-0.3, -0.25) is 29.4 Å². The molecule has 2 aliphatic rings. The average molecular weight is 445 g/mol. The lowest BCUT2D eigenvalue weighted by atomic mass is 10.0. The number of fused-ring (bicyclic) bond motifs is 1. The summed E-state index contributed by atoms with van der Waals surface area (Å²) in [6, 6.07) is 3.29. The van der Waals surface area contributed by atoms with Gasteiger partial charge in [-0.15, -0.1) is 0 Å². The Labute approximate surface area is 170 Å². The van der Waals surface area contributed by atoms with Gasteiger partial charge in [0.15, 0.2) is 0 Å². The molecule has 0 radical (unpaired) electrons. The van der Waals surface area contributed by atoms with Crippen molar-refractivity contribution in [2.45, 2.75) is 18.9 Å². The molecule has 1 saturated heterocycles. The first-order valence-electron chi connectivity index (χ1n) is 8.66. The summed E-state index contributed by atoms with van der Waals surface area (Å²) in [5.74, 6) is -2.36. The average Bonchev–Trinajstić information content (AvgIpc) is 2.88. The number of rotatable bonds is 8. The highest BCUT2D eigenvalue weighted by atomic mass is 35.7. The third-order valence-corrected chi connectivity index (χ3v) is 5.50. The zero-order valence-electron chi connectivity index (χ0n) is 15.1. The van der Waals surface area contributed by atoms with E-state index in [0.717, 1.165) is 4.90 Å². The van der Waals surface area contributed by atoms with Crippen LogP contribution < -0.4 is 10.1 Å². The molecule has 0 bridgehead atoms. The second kappa shape index (κ2) is 8.47. The fraction of sp³-hybridized carbons (Fsp3) is 0.412. The zero-order chi connectivity index (χ0) is 21.2. The van der Waals surface area contributed by atoms with Crippen LogP contribution in [0, 0.1) is 0 Å². The smallest absolute Gasteiger partial charge is 0.262 e. The number of ether oxygens (including phenoxy) is 2. The van der Waals surface area contributed by atoms with E-state index in [0.29, 0.717) is 5.75 Å². The van der Waals surface area contributed by atoms with Crippen LogP contribution in [-0.4, -0.2) is 68.6 Å². The van der Waals surface area contributed by atoms with Crippen molar-refractivity contribution in [1.29, 1.82) is 0 Å². The number of carbonyl (C=O) groups excluding carboxylic acids is 4. The van der Waals surface area contributed by atoms with Gasteiger partial charge in [0, 0.05) is 17.1 Å². The molecule has 0 saturated carbocycles. The van der Waals surface area contributed by atoms with Crippen LogP contribution in [0.15, 0.2) is 18.2 Å². The molecule has 1 atom stereocenters. The molecule has 4 amide bonds. The van der Waals surface area contributed by atoms with E-state index in [9.17, 15) is 27.6 Å². The van der Waals surface area contributed by atoms with E-state index in [2.05, 4.69) is 5.32 Å². The fourth-order valence-corrected chi connectivity index (χ4v) is 3.52. The minimum atomic E-state index is -3.62. The summed E-state index contributed by atoms with van der Waals surface area (Å²) in [6.45, 7) is 0.103. The van der Waals surface area contributed by atoms with E-state index in [4.69, 9.17) is 20.2 Å². The maximum absolute atomic E-state index is 12.7. The number of halogens is 1. The topological polar surface area (TPSA) is 136 Å². The van der Waals surface area contributed by atoms with E-state index in [1.165, 1.54) is 18.2 Å². The van der Waals surface area contributed by atoms with Gasteiger partial charge in [-0.05, 0) is 24.6 Å². The summed E-state index contributed by atoms with van der Waals surface area (Å²) in [4.78, 5) is 49.4. The molecule has 10 nitrogen and oxygen atoms in total. The van der Waals surface area contributed by atoms with Crippen LogP contribution in [0.3, 0.4) is 0 Å². The highest BCUT2D eigenvalue weighted by Crippen LogP contribution is 2.30. The first-order valence-corrected chi connectivity index (χ1v) is 11.1. The van der Waals surface area contributed by atoms with Crippen LogP contribution in [0.1, 0.15) is 33.6 Å². The fourth-order valence-electron chi connectivity index (χ4n) is 3.02. The maximum Gasteiger partial charge on any atom is 0.262 e. The van der Waals surface area contributed by atoms with Crippen LogP contribution >= 0.6 is 10.7 Å². The SMILES string of the molecule is O=C1CCC(N2C(=O)c3ccc(OCCOCCS(=O)(=O)Cl)cc3C2=O)C(=O)N1. The van der Waals surface area contributed by atoms with Crippen LogP contribution in [0.5, 0.6) is 5.75 Å². The summed E-state index contributed by atoms with van der Waals surface area (Å²) in [7, 11) is 1.44. The van der Waals surface area contributed by atoms with Crippen molar-refractivity contribution >= 4 is 43.4 Å². The lowest BCUT2D eigenvalue weighted by Crippen LogP contribution is -2.54. The Hall–Kier alpha value is -2.50. The van der Waals surface area contributed by atoms with Crippen LogP contribution in [-0.2, 0) is 23.4 Å². The second-order valence-corrected chi connectivity index (χ2v) is 9.25. The summed E-state index contributed by atoms with van der Waals surface area (Å²) in [5, 5.41) is 2.13. The lowest BCUT2D eigenvalue weighted by molar-refractivity contribution is -0.136. The molecule has 0 aromatic heterocycles. The van der Waals surface area contributed by atoms with Gasteiger partial charge in [0.2, 0.25) is 20.9 Å². The van der Waals surface area contributed by atoms with E-state index < -0.39 is 38.7 Å². The van der Waals surface area contributed by atoms with E-state index in [1.807, 2.05) is 0 Å². The van der Waals surface area contributed by atoms with Crippen molar-refractivity contribution < 1.29 is 37.1 Å². The first kappa shape index (κ1) is 21.2. The van der Waals surface area contributed by atoms with Crippen molar-refractivity contribution in [3.05, 3.63) is 29.3 Å². The van der Waals surface area contributed by atoms with Gasteiger partial charge in [-0.1, -0.05) is 0 Å². The number of amides is 4. The van der Waals surface area contributed by atoms with Crippen molar-refractivity contribution in [3.63, 3.8) is 0 Å². The Morgan fingerprint density at radius 2 is 1.79 bits per heavy atom. The predicted molar refractivity (Wildman–Crippen MR) is 99.1 cm³/mol. The molecular formula is C17H17ClN2O8S. The van der Waals surface area contributed by atoms with Crippen molar-refractivity contribution in [1.82, 2.24) is 10.2 Å². The molecule has 0 spiro atoms. The highest BCUT2D eigenvalue weighted by molar-refractivity contribution is 8.13. The Kier molecular flexibility index (Phi) is 6.20. The molecular weight excluding hydrogens is 428 g/mol. The minimum Gasteiger partial charge on any atom is -0.491 e. The summed E-state index contributed by atoms with van der Waals surface area (Å²) in [6.07, 6.45) is 0.123. The molecule has 3 rings (SSSR count). The van der Waals surface area contributed by atoms with E-state index in [1.54, 1.807) is 0 Å². The summed E-state index contributed by atoms with van der Waals surface area (Å²) in [5.41, 5.74) is 0.252. The Morgan fingerprint density at radius 1 is 1.07 bits per heavy atom. The Balaban J connectivity index is 1.60. The number of imide groups is 2. The summed E-state index contributed by atoms with van der Waals surface area (Å²) < 4.78 is 32.1. The van der Waals surface area contributed by atoms with Crippen LogP contribution in [0.2, 0.25) is 0 Å². The van der Waals surface area contributed by atoms with Crippen LogP contribution in [0.4, 0.5) is 0 Å². The predicted octanol–water partition coefficient (Wildman–Crippen LogP) is 0.0518. The Bertz CT molecular complexity index is 978. The molecule has 1 unspecified atom stereocenters. The number of nitrogens with one attached hydrogen (secondary N) is 1. The zero-order valence-corrected chi connectivity index (χ0v) is 16.6. The van der Waals surface area contributed by atoms with E-state index in [-0.39, 0.29) is 49.5 Å². The number of piperidine rings is 1. The van der Waals surface area contributed by atoms with Gasteiger partial charge in [0.25, 0.3) is 11.8 Å². The molecule has 1 aromatic rings. The maximum atomic E-state index is 12.7. The first-order chi connectivity index (χ1) is 13.7. The largest absolute Gasteiger partial charge is 0.491 e. The monoisotopic (exact) mass is 444 g/mol.